The molecule has 38 heavy (non-hydrogen) atoms. The van der Waals surface area contributed by atoms with Crippen LogP contribution >= 0.6 is 0 Å². The van der Waals surface area contributed by atoms with E-state index in [1.165, 1.54) is 23.4 Å². The van der Waals surface area contributed by atoms with Crippen molar-refractivity contribution < 1.29 is 23.1 Å². The lowest BCUT2D eigenvalue weighted by molar-refractivity contribution is 0.0523. The molecule has 0 saturated heterocycles. The molecular formula is C27H24N4O6S. The maximum atomic E-state index is 14.0. The Kier molecular flexibility index (Phi) is 7.68. The molecule has 1 heterocycles. The second-order valence-electron chi connectivity index (χ2n) is 7.98. The number of pyridine rings is 1. The van der Waals surface area contributed by atoms with Gasteiger partial charge in [0, 0.05) is 5.56 Å². The lowest BCUT2D eigenvalue weighted by Gasteiger charge is -2.25. The number of esters is 1. The van der Waals surface area contributed by atoms with Crippen LogP contribution in [0.1, 0.15) is 22.8 Å². The molecule has 0 aliphatic rings. The minimum atomic E-state index is -4.21. The van der Waals surface area contributed by atoms with E-state index in [1.54, 1.807) is 79.7 Å². The zero-order valence-corrected chi connectivity index (χ0v) is 21.3. The number of hydrogen-bond donors (Lipinski definition) is 2. The largest absolute Gasteiger partial charge is 0.493 e. The monoisotopic (exact) mass is 532 g/mol. The number of carbonyl (C=O) groups is 1. The van der Waals surface area contributed by atoms with Crippen LogP contribution in [0.2, 0.25) is 0 Å². The maximum absolute atomic E-state index is 14.0. The Morgan fingerprint density at radius 3 is 2.05 bits per heavy atom. The number of benzene rings is 3. The van der Waals surface area contributed by atoms with E-state index >= 15 is 0 Å². The third kappa shape index (κ3) is 5.18. The number of carbonyl (C=O) groups excluding carboxylic acids is 1. The normalized spacial score (nSPS) is 11.4. The predicted octanol–water partition coefficient (Wildman–Crippen LogP) is 5.51. The van der Waals surface area contributed by atoms with Crippen LogP contribution in [0.3, 0.4) is 0 Å². The van der Waals surface area contributed by atoms with Crippen LogP contribution in [0.25, 0.3) is 0 Å². The van der Waals surface area contributed by atoms with Gasteiger partial charge in [-0.25, -0.2) is 17.5 Å². The number of nitrogens with one attached hydrogen (secondary N) is 1. The minimum absolute atomic E-state index is 0.0213. The Bertz CT molecular complexity index is 1610. The number of aromatic amines is 1. The molecule has 0 atom stereocenters. The quantitative estimate of drug-likeness (QED) is 0.226. The smallest absolute Gasteiger partial charge is 0.344 e. The van der Waals surface area contributed by atoms with Gasteiger partial charge in [-0.15, -0.1) is 10.2 Å². The molecule has 3 aromatic carbocycles. The number of aromatic nitrogens is 1. The van der Waals surface area contributed by atoms with Crippen molar-refractivity contribution in [2.45, 2.75) is 18.7 Å². The van der Waals surface area contributed by atoms with Crippen molar-refractivity contribution in [2.75, 3.05) is 10.9 Å². The number of H-pyrrole nitrogens is 1. The van der Waals surface area contributed by atoms with Gasteiger partial charge in [0.1, 0.15) is 21.8 Å². The van der Waals surface area contributed by atoms with Gasteiger partial charge < -0.3 is 9.84 Å². The first-order valence-electron chi connectivity index (χ1n) is 11.5. The van der Waals surface area contributed by atoms with E-state index in [9.17, 15) is 23.1 Å². The van der Waals surface area contributed by atoms with Crippen LogP contribution in [0, 0.1) is 6.92 Å². The molecule has 4 aromatic rings. The third-order valence-electron chi connectivity index (χ3n) is 5.52. The van der Waals surface area contributed by atoms with Crippen molar-refractivity contribution in [3.8, 4) is 5.88 Å². The average molecular weight is 533 g/mol. The second-order valence-corrected chi connectivity index (χ2v) is 9.74. The summed E-state index contributed by atoms with van der Waals surface area (Å²) in [6.45, 7) is 3.04. The van der Waals surface area contributed by atoms with Crippen molar-refractivity contribution >= 4 is 38.7 Å². The fourth-order valence-corrected chi connectivity index (χ4v) is 5.40. The van der Waals surface area contributed by atoms with Crippen LogP contribution < -0.4 is 9.86 Å². The van der Waals surface area contributed by atoms with Gasteiger partial charge in [0.15, 0.2) is 0 Å². The van der Waals surface area contributed by atoms with Crippen molar-refractivity contribution in [3.63, 3.8) is 0 Å². The molecule has 0 aliphatic heterocycles. The average Bonchev–Trinajstić information content (AvgIpc) is 2.90. The molecule has 0 saturated carbocycles. The number of aromatic hydroxyl groups is 1. The zero-order valence-electron chi connectivity index (χ0n) is 20.5. The van der Waals surface area contributed by atoms with Gasteiger partial charge in [0.25, 0.3) is 15.6 Å². The molecule has 0 fully saturated rings. The van der Waals surface area contributed by atoms with Crippen molar-refractivity contribution in [1.29, 1.82) is 0 Å². The summed E-state index contributed by atoms with van der Waals surface area (Å²) in [5.41, 5.74) is -0.545. The molecule has 0 amide bonds. The van der Waals surface area contributed by atoms with Crippen LogP contribution in [0.15, 0.2) is 105 Å². The number of ether oxygens (including phenoxy) is 1. The fourth-order valence-electron chi connectivity index (χ4n) is 3.78. The Balaban J connectivity index is 1.83. The number of azo groups is 1. The molecule has 0 radical (unpaired) electrons. The highest BCUT2D eigenvalue weighted by Gasteiger charge is 2.29. The lowest BCUT2D eigenvalue weighted by Crippen LogP contribution is -2.26. The number of sulfonamides is 1. The van der Waals surface area contributed by atoms with Crippen molar-refractivity contribution in [2.24, 2.45) is 10.2 Å². The predicted molar refractivity (Wildman–Crippen MR) is 142 cm³/mol. The van der Waals surface area contributed by atoms with Gasteiger partial charge in [-0.3, -0.25) is 9.78 Å². The Hall–Kier alpha value is -4.77. The summed E-state index contributed by atoms with van der Waals surface area (Å²) < 4.78 is 34.2. The van der Waals surface area contributed by atoms with E-state index in [1.807, 2.05) is 0 Å². The first-order valence-corrected chi connectivity index (χ1v) is 13.0. The fraction of sp³-hybridized carbons (Fsp3) is 0.111. The van der Waals surface area contributed by atoms with E-state index in [-0.39, 0.29) is 34.0 Å². The number of nitrogens with zero attached hydrogens (tertiary/aromatic N) is 3. The highest BCUT2D eigenvalue weighted by atomic mass is 32.2. The molecule has 2 N–H and O–H groups in total. The summed E-state index contributed by atoms with van der Waals surface area (Å²) in [6.07, 6.45) is 0. The second kappa shape index (κ2) is 11.1. The number of para-hydroxylation sites is 2. The molecule has 1 aromatic heterocycles. The number of anilines is 2. The van der Waals surface area contributed by atoms with Crippen LogP contribution in [-0.4, -0.2) is 31.1 Å². The first kappa shape index (κ1) is 26.3. The molecule has 4 rings (SSSR count). The summed E-state index contributed by atoms with van der Waals surface area (Å²) in [7, 11) is -4.21. The van der Waals surface area contributed by atoms with Gasteiger partial charge in [-0.05, 0) is 50.2 Å². The van der Waals surface area contributed by atoms with Crippen molar-refractivity contribution in [3.05, 3.63) is 106 Å². The summed E-state index contributed by atoms with van der Waals surface area (Å²) in [4.78, 5) is 26.5. The first-order chi connectivity index (χ1) is 18.3. The van der Waals surface area contributed by atoms with E-state index in [2.05, 4.69) is 15.2 Å². The lowest BCUT2D eigenvalue weighted by atomic mass is 10.1. The van der Waals surface area contributed by atoms with Gasteiger partial charge >= 0.3 is 5.97 Å². The van der Waals surface area contributed by atoms with E-state index in [0.717, 1.165) is 0 Å². The summed E-state index contributed by atoms with van der Waals surface area (Å²) >= 11 is 0. The molecule has 194 valence electrons. The van der Waals surface area contributed by atoms with E-state index in [4.69, 9.17) is 4.74 Å². The highest BCUT2D eigenvalue weighted by Crippen LogP contribution is 2.37. The van der Waals surface area contributed by atoms with Crippen molar-refractivity contribution in [1.82, 2.24) is 4.98 Å². The molecular weight excluding hydrogens is 508 g/mol. The highest BCUT2D eigenvalue weighted by molar-refractivity contribution is 7.93. The Labute approximate surface area is 218 Å². The maximum Gasteiger partial charge on any atom is 0.344 e. The van der Waals surface area contributed by atoms with E-state index in [0.29, 0.717) is 11.4 Å². The third-order valence-corrected chi connectivity index (χ3v) is 7.32. The van der Waals surface area contributed by atoms with Gasteiger partial charge in [0.2, 0.25) is 5.88 Å². The zero-order chi connectivity index (χ0) is 27.3. The summed E-state index contributed by atoms with van der Waals surface area (Å²) in [6, 6.07) is 23.2. The Morgan fingerprint density at radius 1 is 0.921 bits per heavy atom. The van der Waals surface area contributed by atoms with Crippen LogP contribution in [0.4, 0.5) is 22.7 Å². The summed E-state index contributed by atoms with van der Waals surface area (Å²) in [5, 5.41) is 18.4. The minimum Gasteiger partial charge on any atom is -0.493 e. The Morgan fingerprint density at radius 2 is 1.47 bits per heavy atom. The molecule has 0 spiro atoms. The van der Waals surface area contributed by atoms with Crippen LogP contribution in [0.5, 0.6) is 5.88 Å². The molecule has 0 aliphatic carbocycles. The molecule has 10 nitrogen and oxygen atoms in total. The van der Waals surface area contributed by atoms with Gasteiger partial charge in [0.05, 0.1) is 18.0 Å². The van der Waals surface area contributed by atoms with Gasteiger partial charge in [-0.1, -0.05) is 48.5 Å². The molecule has 0 bridgehead atoms. The topological polar surface area (TPSA) is 141 Å². The molecule has 11 heteroatoms. The SMILES string of the molecule is CCOC(=O)c1c(C)c(/N=N/c2ccccc2S(=O)(=O)N(c2ccccc2)c2ccccc2)c(O)[nH]c1=O. The molecule has 0 unspecified atom stereocenters. The van der Waals surface area contributed by atoms with Gasteiger partial charge in [-0.2, -0.15) is 0 Å². The number of hydrogen-bond acceptors (Lipinski definition) is 8. The standard InChI is InChI=1S/C27H24N4O6S/c1-3-37-27(34)23-18(2)24(26(33)28-25(23)32)30-29-21-16-10-11-17-22(21)38(35,36)31(19-12-6-4-7-13-19)20-14-8-5-9-15-20/h4-17H,3H2,1-2H3,(H2,28,32,33)/b30-29+. The summed E-state index contributed by atoms with van der Waals surface area (Å²) in [5.74, 6) is -1.51. The number of rotatable bonds is 8. The van der Waals surface area contributed by atoms with E-state index < -0.39 is 27.4 Å². The van der Waals surface area contributed by atoms with Crippen LogP contribution in [-0.2, 0) is 14.8 Å².